The van der Waals surface area contributed by atoms with Gasteiger partial charge < -0.3 is 19.4 Å². The van der Waals surface area contributed by atoms with Crippen LogP contribution < -0.4 is 10.8 Å². The summed E-state index contributed by atoms with van der Waals surface area (Å²) in [4.78, 5) is 8.78. The lowest BCUT2D eigenvalue weighted by molar-refractivity contribution is 0.00578. The molecule has 0 atom stereocenters. The highest BCUT2D eigenvalue weighted by Crippen LogP contribution is 2.36. The zero-order chi connectivity index (χ0) is 15.8. The first-order valence-corrected chi connectivity index (χ1v) is 7.89. The number of hydrogen-bond acceptors (Lipinski definition) is 6. The van der Waals surface area contributed by atoms with Crippen LogP contribution >= 0.6 is 0 Å². The third-order valence-corrected chi connectivity index (χ3v) is 4.75. The molecule has 1 N–H and O–H groups in total. The van der Waals surface area contributed by atoms with Crippen LogP contribution in [0, 0.1) is 0 Å². The number of aromatic nitrogens is 2. The van der Waals surface area contributed by atoms with E-state index in [0.717, 1.165) is 31.5 Å². The van der Waals surface area contributed by atoms with Gasteiger partial charge in [-0.1, -0.05) is 0 Å². The van der Waals surface area contributed by atoms with Crippen LogP contribution in [0.15, 0.2) is 12.4 Å². The first-order chi connectivity index (χ1) is 10.4. The van der Waals surface area contributed by atoms with Crippen molar-refractivity contribution in [3.63, 3.8) is 0 Å². The van der Waals surface area contributed by atoms with Crippen LogP contribution in [-0.2, 0) is 14.0 Å². The summed E-state index contributed by atoms with van der Waals surface area (Å²) < 4.78 is 17.4. The maximum atomic E-state index is 6.00. The van der Waals surface area contributed by atoms with Gasteiger partial charge in [0.2, 0.25) is 5.95 Å². The van der Waals surface area contributed by atoms with Crippen LogP contribution in [0.25, 0.3) is 0 Å². The van der Waals surface area contributed by atoms with E-state index >= 15 is 0 Å². The third kappa shape index (κ3) is 3.11. The third-order valence-electron chi connectivity index (χ3n) is 4.75. The maximum absolute atomic E-state index is 6.00. The number of nitrogens with one attached hydrogen (secondary N) is 1. The Morgan fingerprint density at radius 2 is 1.59 bits per heavy atom. The summed E-state index contributed by atoms with van der Waals surface area (Å²) in [5.41, 5.74) is 0.143. The highest BCUT2D eigenvalue weighted by molar-refractivity contribution is 6.61. The van der Waals surface area contributed by atoms with Crippen molar-refractivity contribution in [3.05, 3.63) is 12.4 Å². The lowest BCUT2D eigenvalue weighted by atomic mass is 9.81. The fourth-order valence-corrected chi connectivity index (χ4v) is 2.54. The van der Waals surface area contributed by atoms with E-state index in [0.29, 0.717) is 12.0 Å². The minimum atomic E-state index is -0.415. The average Bonchev–Trinajstić information content (AvgIpc) is 2.69. The number of anilines is 1. The maximum Gasteiger partial charge on any atom is 0.498 e. The molecule has 2 fully saturated rings. The van der Waals surface area contributed by atoms with Crippen LogP contribution in [0.4, 0.5) is 5.95 Å². The van der Waals surface area contributed by atoms with Crippen molar-refractivity contribution in [1.82, 2.24) is 9.97 Å². The molecule has 6 nitrogen and oxygen atoms in total. The standard InChI is InChI=1S/C15H24BN3O3/c1-14(2)15(3,4)22-16(21-14)11-9-17-13(18-10-11)19-12-5-7-20-8-6-12/h9-10,12H,5-8H2,1-4H3,(H,17,18,19). The molecule has 2 saturated heterocycles. The minimum absolute atomic E-state index is 0.351. The summed E-state index contributed by atoms with van der Waals surface area (Å²) in [6.07, 6.45) is 5.53. The van der Waals surface area contributed by atoms with E-state index in [1.165, 1.54) is 0 Å². The van der Waals surface area contributed by atoms with Gasteiger partial charge in [0, 0.05) is 37.1 Å². The lowest BCUT2D eigenvalue weighted by Gasteiger charge is -2.32. The molecular formula is C15H24BN3O3. The molecule has 7 heteroatoms. The molecule has 120 valence electrons. The molecule has 0 saturated carbocycles. The molecule has 2 aliphatic heterocycles. The second-order valence-electron chi connectivity index (χ2n) is 6.96. The van der Waals surface area contributed by atoms with E-state index < -0.39 is 7.12 Å². The Bertz CT molecular complexity index is 499. The van der Waals surface area contributed by atoms with E-state index in [1.807, 2.05) is 27.7 Å². The van der Waals surface area contributed by atoms with Gasteiger partial charge in [-0.2, -0.15) is 0 Å². The average molecular weight is 305 g/mol. The minimum Gasteiger partial charge on any atom is -0.399 e. The molecule has 0 aliphatic carbocycles. The Morgan fingerprint density at radius 3 is 2.14 bits per heavy atom. The molecule has 0 amide bonds. The molecule has 0 spiro atoms. The molecule has 2 aliphatic rings. The van der Waals surface area contributed by atoms with Gasteiger partial charge in [0.25, 0.3) is 0 Å². The topological polar surface area (TPSA) is 65.5 Å². The molecular weight excluding hydrogens is 281 g/mol. The number of rotatable bonds is 3. The molecule has 0 unspecified atom stereocenters. The molecule has 1 aromatic heterocycles. The summed E-state index contributed by atoms with van der Waals surface area (Å²) in [5, 5.41) is 3.35. The van der Waals surface area contributed by atoms with Crippen LogP contribution in [0.5, 0.6) is 0 Å². The van der Waals surface area contributed by atoms with E-state index in [9.17, 15) is 0 Å². The molecule has 22 heavy (non-hydrogen) atoms. The van der Waals surface area contributed by atoms with Crippen LogP contribution in [-0.4, -0.2) is 47.5 Å². The van der Waals surface area contributed by atoms with Gasteiger partial charge in [0.1, 0.15) is 0 Å². The van der Waals surface area contributed by atoms with Crippen LogP contribution in [0.3, 0.4) is 0 Å². The van der Waals surface area contributed by atoms with Crippen molar-refractivity contribution < 1.29 is 14.0 Å². The first-order valence-electron chi connectivity index (χ1n) is 7.89. The summed E-state index contributed by atoms with van der Waals surface area (Å²) in [7, 11) is -0.415. The molecule has 0 radical (unpaired) electrons. The molecule has 3 heterocycles. The number of nitrogens with zero attached hydrogens (tertiary/aromatic N) is 2. The largest absolute Gasteiger partial charge is 0.498 e. The van der Waals surface area contributed by atoms with E-state index in [2.05, 4.69) is 15.3 Å². The predicted molar refractivity (Wildman–Crippen MR) is 85.2 cm³/mol. The molecule has 0 bridgehead atoms. The summed E-state index contributed by atoms with van der Waals surface area (Å²) in [6.45, 7) is 9.74. The van der Waals surface area contributed by atoms with Gasteiger partial charge in [-0.15, -0.1) is 0 Å². The van der Waals surface area contributed by atoms with E-state index in [4.69, 9.17) is 14.0 Å². The SMILES string of the molecule is CC1(C)OB(c2cnc(NC3CCOCC3)nc2)OC1(C)C. The van der Waals surface area contributed by atoms with Crippen molar-refractivity contribution in [2.45, 2.75) is 57.8 Å². The number of ether oxygens (including phenoxy) is 1. The van der Waals surface area contributed by atoms with Gasteiger partial charge >= 0.3 is 7.12 Å². The van der Waals surface area contributed by atoms with Gasteiger partial charge in [0.05, 0.1) is 11.2 Å². The highest BCUT2D eigenvalue weighted by atomic mass is 16.7. The van der Waals surface area contributed by atoms with Crippen molar-refractivity contribution in [2.75, 3.05) is 18.5 Å². The van der Waals surface area contributed by atoms with Crippen molar-refractivity contribution in [3.8, 4) is 0 Å². The Labute approximate surface area is 132 Å². The summed E-state index contributed by atoms with van der Waals surface area (Å²) >= 11 is 0. The molecule has 3 rings (SSSR count). The Balaban J connectivity index is 1.65. The van der Waals surface area contributed by atoms with Crippen molar-refractivity contribution in [1.29, 1.82) is 0 Å². The Morgan fingerprint density at radius 1 is 1.05 bits per heavy atom. The quantitative estimate of drug-likeness (QED) is 0.851. The monoisotopic (exact) mass is 305 g/mol. The second-order valence-corrected chi connectivity index (χ2v) is 6.96. The van der Waals surface area contributed by atoms with Crippen LogP contribution in [0.2, 0.25) is 0 Å². The van der Waals surface area contributed by atoms with Crippen LogP contribution in [0.1, 0.15) is 40.5 Å². The Hall–Kier alpha value is -1.18. The molecule has 1 aromatic rings. The van der Waals surface area contributed by atoms with Crippen molar-refractivity contribution >= 4 is 18.5 Å². The van der Waals surface area contributed by atoms with Gasteiger partial charge in [-0.3, -0.25) is 0 Å². The van der Waals surface area contributed by atoms with Gasteiger partial charge in [-0.05, 0) is 40.5 Å². The highest BCUT2D eigenvalue weighted by Gasteiger charge is 2.51. The van der Waals surface area contributed by atoms with Crippen molar-refractivity contribution in [2.24, 2.45) is 0 Å². The van der Waals surface area contributed by atoms with Gasteiger partial charge in [-0.25, -0.2) is 9.97 Å². The smallest absolute Gasteiger partial charge is 0.399 e. The molecule has 0 aromatic carbocycles. The fraction of sp³-hybridized carbons (Fsp3) is 0.733. The van der Waals surface area contributed by atoms with Gasteiger partial charge in [0.15, 0.2) is 0 Å². The number of hydrogen-bond donors (Lipinski definition) is 1. The first kappa shape index (κ1) is 15.7. The summed E-state index contributed by atoms with van der Waals surface area (Å²) in [6, 6.07) is 0.386. The lowest BCUT2D eigenvalue weighted by Crippen LogP contribution is -2.41. The zero-order valence-electron chi connectivity index (χ0n) is 13.8. The Kier molecular flexibility index (Phi) is 4.14. The van der Waals surface area contributed by atoms with E-state index in [1.54, 1.807) is 12.4 Å². The zero-order valence-corrected chi connectivity index (χ0v) is 13.8. The fourth-order valence-electron chi connectivity index (χ4n) is 2.54. The second kappa shape index (κ2) is 5.79. The normalized spacial score (nSPS) is 24.5. The van der Waals surface area contributed by atoms with E-state index in [-0.39, 0.29) is 11.2 Å². The summed E-state index contributed by atoms with van der Waals surface area (Å²) in [5.74, 6) is 0.646. The predicted octanol–water partition coefficient (Wildman–Crippen LogP) is 1.37.